The van der Waals surface area contributed by atoms with Gasteiger partial charge in [-0.25, -0.2) is 14.8 Å². The van der Waals surface area contributed by atoms with E-state index in [1.165, 1.54) is 0 Å². The Bertz CT molecular complexity index is 1330. The molecule has 2 aromatic heterocycles. The molecular formula is C25H32N8O5. The maximum absolute atomic E-state index is 12.9. The summed E-state index contributed by atoms with van der Waals surface area (Å²) in [5, 5.41) is 2.67. The van der Waals surface area contributed by atoms with Crippen LogP contribution in [0.5, 0.6) is 0 Å². The Kier molecular flexibility index (Phi) is 9.30. The first-order valence-electron chi connectivity index (χ1n) is 12.1. The van der Waals surface area contributed by atoms with Gasteiger partial charge in [0, 0.05) is 24.7 Å². The lowest BCUT2D eigenvalue weighted by Crippen LogP contribution is -2.42. The highest BCUT2D eigenvalue weighted by molar-refractivity contribution is 5.97. The number of aryl methyl sites for hydroxylation is 1. The number of rotatable bonds is 11. The minimum Gasteiger partial charge on any atom is -0.466 e. The van der Waals surface area contributed by atoms with Crippen molar-refractivity contribution in [1.82, 2.24) is 25.3 Å². The van der Waals surface area contributed by atoms with Gasteiger partial charge < -0.3 is 31.2 Å². The predicted octanol–water partition coefficient (Wildman–Crippen LogP) is 1.53. The minimum absolute atomic E-state index is 0.0246. The Hall–Kier alpha value is -4.55. The number of nitrogens with zero attached hydrogens (tertiary/aromatic N) is 5. The van der Waals surface area contributed by atoms with Crippen molar-refractivity contribution in [2.45, 2.75) is 46.2 Å². The second kappa shape index (κ2) is 12.6. The summed E-state index contributed by atoms with van der Waals surface area (Å²) >= 11 is 0. The summed E-state index contributed by atoms with van der Waals surface area (Å²) in [5.41, 5.74) is 14.9. The quantitative estimate of drug-likeness (QED) is 0.307. The summed E-state index contributed by atoms with van der Waals surface area (Å²) in [6.07, 6.45) is 1.63. The highest BCUT2D eigenvalue weighted by Gasteiger charge is 2.24. The molecule has 3 aromatic rings. The van der Waals surface area contributed by atoms with E-state index in [0.29, 0.717) is 29.0 Å². The monoisotopic (exact) mass is 524 g/mol. The number of ether oxygens (including phenoxy) is 2. The van der Waals surface area contributed by atoms with Crippen LogP contribution in [0.1, 0.15) is 48.3 Å². The van der Waals surface area contributed by atoms with Gasteiger partial charge in [-0.3, -0.25) is 9.59 Å². The molecule has 2 heterocycles. The van der Waals surface area contributed by atoms with E-state index in [4.69, 9.17) is 20.9 Å². The third-order valence-electron chi connectivity index (χ3n) is 5.59. The van der Waals surface area contributed by atoms with Crippen molar-refractivity contribution in [2.75, 3.05) is 36.6 Å². The summed E-state index contributed by atoms with van der Waals surface area (Å²) < 4.78 is 9.97. The Balaban J connectivity index is 1.71. The van der Waals surface area contributed by atoms with Crippen LogP contribution in [-0.4, -0.2) is 64.1 Å². The van der Waals surface area contributed by atoms with Crippen molar-refractivity contribution in [3.8, 4) is 0 Å². The van der Waals surface area contributed by atoms with Gasteiger partial charge in [-0.2, -0.15) is 9.97 Å². The van der Waals surface area contributed by atoms with Crippen molar-refractivity contribution in [3.63, 3.8) is 0 Å². The van der Waals surface area contributed by atoms with Crippen molar-refractivity contribution < 1.29 is 23.9 Å². The molecule has 0 aliphatic rings. The summed E-state index contributed by atoms with van der Waals surface area (Å²) in [4.78, 5) is 55.7. The molecule has 1 amide bonds. The second-order valence-corrected chi connectivity index (χ2v) is 8.48. The van der Waals surface area contributed by atoms with Gasteiger partial charge in [0.05, 0.1) is 31.6 Å². The number of nitrogens with one attached hydrogen (secondary N) is 1. The van der Waals surface area contributed by atoms with Gasteiger partial charge in [-0.15, -0.1) is 0 Å². The van der Waals surface area contributed by atoms with E-state index >= 15 is 0 Å². The number of fused-ring (bicyclic) bond motifs is 1. The van der Waals surface area contributed by atoms with E-state index in [1.54, 1.807) is 38.2 Å². The maximum Gasteiger partial charge on any atom is 0.328 e. The number of esters is 2. The predicted molar refractivity (Wildman–Crippen MR) is 141 cm³/mol. The molecule has 3 rings (SSSR count). The van der Waals surface area contributed by atoms with Gasteiger partial charge in [0.25, 0.3) is 5.91 Å². The number of carbonyl (C=O) groups is 3. The molecule has 5 N–H and O–H groups in total. The first-order valence-corrected chi connectivity index (χ1v) is 12.1. The third kappa shape index (κ3) is 7.02. The smallest absolute Gasteiger partial charge is 0.328 e. The van der Waals surface area contributed by atoms with E-state index in [2.05, 4.69) is 25.3 Å². The van der Waals surface area contributed by atoms with Crippen LogP contribution in [0.2, 0.25) is 0 Å². The highest BCUT2D eigenvalue weighted by atomic mass is 16.5. The van der Waals surface area contributed by atoms with Crippen LogP contribution in [0.3, 0.4) is 0 Å². The largest absolute Gasteiger partial charge is 0.466 e. The van der Waals surface area contributed by atoms with Crippen LogP contribution in [0.15, 0.2) is 24.4 Å². The molecule has 13 heteroatoms. The number of hydrogen-bond acceptors (Lipinski definition) is 12. The van der Waals surface area contributed by atoms with Crippen molar-refractivity contribution in [2.24, 2.45) is 0 Å². The molecule has 1 atom stereocenters. The van der Waals surface area contributed by atoms with E-state index in [1.807, 2.05) is 18.9 Å². The fraction of sp³-hybridized carbons (Fsp3) is 0.400. The van der Waals surface area contributed by atoms with Crippen molar-refractivity contribution >= 4 is 46.5 Å². The third-order valence-corrected chi connectivity index (χ3v) is 5.59. The zero-order valence-corrected chi connectivity index (χ0v) is 21.9. The normalized spacial score (nSPS) is 11.6. The lowest BCUT2D eigenvalue weighted by molar-refractivity contribution is -0.146. The molecule has 0 bridgehead atoms. The number of hydrogen-bond donors (Lipinski definition) is 3. The van der Waals surface area contributed by atoms with Crippen LogP contribution < -0.4 is 21.7 Å². The number of amides is 1. The molecule has 0 aliphatic heterocycles. The van der Waals surface area contributed by atoms with Gasteiger partial charge in [-0.1, -0.05) is 0 Å². The first kappa shape index (κ1) is 28.0. The SMILES string of the molecule is CCOC(=O)CCC(NC(=O)c1ccc(N(C)Cc2cnc3nc(N)nc(N)c3n2)c(C)c1)C(=O)OCC. The molecule has 0 saturated heterocycles. The average Bonchev–Trinajstić information content (AvgIpc) is 2.86. The molecule has 13 nitrogen and oxygen atoms in total. The highest BCUT2D eigenvalue weighted by Crippen LogP contribution is 2.23. The molecule has 1 unspecified atom stereocenters. The van der Waals surface area contributed by atoms with E-state index in [9.17, 15) is 14.4 Å². The maximum atomic E-state index is 12.9. The van der Waals surface area contributed by atoms with Crippen molar-refractivity contribution in [1.29, 1.82) is 0 Å². The van der Waals surface area contributed by atoms with Crippen LogP contribution in [0.4, 0.5) is 17.5 Å². The number of carbonyl (C=O) groups excluding carboxylic acids is 3. The number of nitrogen functional groups attached to an aromatic ring is 2. The molecule has 0 saturated carbocycles. The van der Waals surface area contributed by atoms with Crippen LogP contribution in [0.25, 0.3) is 11.2 Å². The molecule has 202 valence electrons. The van der Waals surface area contributed by atoms with E-state index in [-0.39, 0.29) is 37.8 Å². The van der Waals surface area contributed by atoms with E-state index < -0.39 is 23.9 Å². The van der Waals surface area contributed by atoms with Gasteiger partial charge >= 0.3 is 11.9 Å². The summed E-state index contributed by atoms with van der Waals surface area (Å²) in [6.45, 7) is 6.02. The first-order chi connectivity index (χ1) is 18.1. The number of anilines is 3. The average molecular weight is 525 g/mol. The number of benzene rings is 1. The van der Waals surface area contributed by atoms with Gasteiger partial charge in [-0.05, 0) is 51.0 Å². The topological polar surface area (TPSA) is 189 Å². The molecule has 0 aliphatic carbocycles. The lowest BCUT2D eigenvalue weighted by Gasteiger charge is -2.22. The van der Waals surface area contributed by atoms with E-state index in [0.717, 1.165) is 11.3 Å². The Morgan fingerprint density at radius 2 is 1.82 bits per heavy atom. The van der Waals surface area contributed by atoms with Crippen molar-refractivity contribution in [3.05, 3.63) is 41.2 Å². The van der Waals surface area contributed by atoms with Crippen LogP contribution >= 0.6 is 0 Å². The standard InChI is InChI=1S/C25H32N8O5/c1-5-37-19(34)10-8-17(24(36)38-6-2)30-23(35)15-7-9-18(14(3)11-15)33(4)13-16-12-28-22-20(29-16)21(26)31-25(27)32-22/h7,9,11-12,17H,5-6,8,10,13H2,1-4H3,(H,30,35)(H4,26,27,28,31,32). The Morgan fingerprint density at radius 3 is 2.50 bits per heavy atom. The Labute approximate surface area is 219 Å². The molecule has 0 spiro atoms. The zero-order valence-electron chi connectivity index (χ0n) is 21.9. The van der Waals surface area contributed by atoms with Crippen LogP contribution in [-0.2, 0) is 25.6 Å². The molecule has 0 fully saturated rings. The van der Waals surface area contributed by atoms with Gasteiger partial charge in [0.15, 0.2) is 17.0 Å². The minimum atomic E-state index is -0.979. The summed E-state index contributed by atoms with van der Waals surface area (Å²) in [7, 11) is 1.88. The van der Waals surface area contributed by atoms with Crippen LogP contribution in [0, 0.1) is 6.92 Å². The summed E-state index contributed by atoms with van der Waals surface area (Å²) in [5.74, 6) is -1.33. The molecule has 38 heavy (non-hydrogen) atoms. The lowest BCUT2D eigenvalue weighted by atomic mass is 10.1. The fourth-order valence-corrected chi connectivity index (χ4v) is 3.84. The second-order valence-electron chi connectivity index (χ2n) is 8.48. The van der Waals surface area contributed by atoms with Gasteiger partial charge in [0.2, 0.25) is 5.95 Å². The number of aromatic nitrogens is 4. The molecular weight excluding hydrogens is 492 g/mol. The zero-order chi connectivity index (χ0) is 27.8. The summed E-state index contributed by atoms with van der Waals surface area (Å²) in [6, 6.07) is 4.19. The molecule has 1 aromatic carbocycles. The number of nitrogens with two attached hydrogens (primary N) is 2. The Morgan fingerprint density at radius 1 is 1.08 bits per heavy atom. The van der Waals surface area contributed by atoms with Gasteiger partial charge in [0.1, 0.15) is 6.04 Å². The fourth-order valence-electron chi connectivity index (χ4n) is 3.84. The molecule has 0 radical (unpaired) electrons.